The van der Waals surface area contributed by atoms with Crippen LogP contribution in [0.2, 0.25) is 0 Å². The molecule has 0 bridgehead atoms. The smallest absolute Gasteiger partial charge is 0.236 e. The van der Waals surface area contributed by atoms with Gasteiger partial charge in [-0.15, -0.1) is 0 Å². The van der Waals surface area contributed by atoms with Crippen molar-refractivity contribution >= 4 is 5.91 Å². The number of carbonyl (C=O) groups excluding carboxylic acids is 1. The summed E-state index contributed by atoms with van der Waals surface area (Å²) in [5.74, 6) is -0.149. The van der Waals surface area contributed by atoms with Gasteiger partial charge in [0.15, 0.2) is 0 Å². The second kappa shape index (κ2) is 10.4. The van der Waals surface area contributed by atoms with Crippen LogP contribution in [0.4, 0.5) is 0 Å². The largest absolute Gasteiger partial charge is 0.395 e. The minimum absolute atomic E-state index is 0.0104. The molecule has 0 aliphatic rings. The van der Waals surface area contributed by atoms with Crippen molar-refractivity contribution in [1.29, 1.82) is 0 Å². The van der Waals surface area contributed by atoms with E-state index in [0.29, 0.717) is 6.54 Å². The number of hydrogen-bond acceptors (Lipinski definition) is 3. The van der Waals surface area contributed by atoms with Gasteiger partial charge in [-0.2, -0.15) is 0 Å². The van der Waals surface area contributed by atoms with Crippen LogP contribution in [-0.2, 0) is 4.79 Å². The molecule has 0 aromatic carbocycles. The highest BCUT2D eigenvalue weighted by atomic mass is 16.3. The van der Waals surface area contributed by atoms with E-state index in [1.165, 1.54) is 11.3 Å². The van der Waals surface area contributed by atoms with E-state index >= 15 is 0 Å². The first kappa shape index (κ1) is 13.9. The summed E-state index contributed by atoms with van der Waals surface area (Å²) in [6.45, 7) is 4.61. The van der Waals surface area contributed by atoms with Crippen LogP contribution in [-0.4, -0.2) is 42.7 Å². The number of likely N-dealkylation sites (N-methyl/N-ethyl adjacent to an activating group) is 1. The molecule has 1 amide bonds. The lowest BCUT2D eigenvalue weighted by Gasteiger charge is -2.13. The summed E-state index contributed by atoms with van der Waals surface area (Å²) in [5.41, 5.74) is 5.03. The topological polar surface area (TPSA) is 66.6 Å². The monoisotopic (exact) mass is 176 g/mol. The number of nitrogens with zero attached hydrogens (tertiary/aromatic N) is 1. The third-order valence-electron chi connectivity index (χ3n) is 1.04. The number of hydrogen-bond donors (Lipinski definition) is 2. The summed E-state index contributed by atoms with van der Waals surface area (Å²) in [4.78, 5) is 12.0. The number of aliphatic hydroxyl groups excluding tert-OH is 1. The van der Waals surface area contributed by atoms with Gasteiger partial charge in [0.25, 0.3) is 0 Å². The minimum atomic E-state index is -0.149. The molecular weight excluding hydrogens is 156 g/mol. The summed E-state index contributed by atoms with van der Waals surface area (Å²) >= 11 is 0. The lowest BCUT2D eigenvalue weighted by atomic mass is 10.5. The third kappa shape index (κ3) is 9.39. The van der Waals surface area contributed by atoms with Crippen molar-refractivity contribution in [2.45, 2.75) is 20.3 Å². The van der Waals surface area contributed by atoms with Crippen LogP contribution in [0.25, 0.3) is 0 Å². The molecule has 0 saturated heterocycles. The van der Waals surface area contributed by atoms with Crippen molar-refractivity contribution in [3.05, 3.63) is 0 Å². The second-order valence-electron chi connectivity index (χ2n) is 2.45. The third-order valence-corrected chi connectivity index (χ3v) is 1.04. The lowest BCUT2D eigenvalue weighted by Crippen LogP contribution is -2.34. The lowest BCUT2D eigenvalue weighted by molar-refractivity contribution is -0.128. The summed E-state index contributed by atoms with van der Waals surface area (Å²) < 4.78 is 0. The highest BCUT2D eigenvalue weighted by Crippen LogP contribution is 1.79. The molecule has 0 saturated carbocycles. The van der Waals surface area contributed by atoms with Crippen LogP contribution in [0.3, 0.4) is 0 Å². The maximum Gasteiger partial charge on any atom is 0.236 e. The molecule has 74 valence electrons. The van der Waals surface area contributed by atoms with Gasteiger partial charge in [-0.3, -0.25) is 4.79 Å². The number of carbonyl (C=O) groups is 1. The van der Waals surface area contributed by atoms with Crippen LogP contribution >= 0.6 is 0 Å². The molecule has 0 aromatic rings. The van der Waals surface area contributed by atoms with Gasteiger partial charge in [-0.1, -0.05) is 20.3 Å². The van der Waals surface area contributed by atoms with Crippen molar-refractivity contribution in [2.24, 2.45) is 5.73 Å². The number of aliphatic hydroxyl groups is 1. The van der Waals surface area contributed by atoms with Gasteiger partial charge in [0.2, 0.25) is 5.91 Å². The molecule has 4 nitrogen and oxygen atoms in total. The standard InChI is InChI=1S/C5H12N2O2.C3H8/c1-7(2-3-8)5(9)4-6;1-3-2/h8H,2-4,6H2,1H3;3H2,1-2H3. The van der Waals surface area contributed by atoms with E-state index in [0.717, 1.165) is 0 Å². The first-order valence-electron chi connectivity index (χ1n) is 4.18. The molecule has 12 heavy (non-hydrogen) atoms. The maximum atomic E-state index is 10.6. The highest BCUT2D eigenvalue weighted by molar-refractivity contribution is 5.77. The predicted molar refractivity (Wildman–Crippen MR) is 49.7 cm³/mol. The minimum Gasteiger partial charge on any atom is -0.395 e. The van der Waals surface area contributed by atoms with E-state index < -0.39 is 0 Å². The Kier molecular flexibility index (Phi) is 12.1. The Hall–Kier alpha value is -0.610. The normalized spacial score (nSPS) is 8.42. The Morgan fingerprint density at radius 2 is 1.92 bits per heavy atom. The molecule has 0 heterocycles. The molecule has 4 heteroatoms. The average Bonchev–Trinajstić information content (AvgIpc) is 2.05. The van der Waals surface area contributed by atoms with Crippen molar-refractivity contribution < 1.29 is 9.90 Å². The SMILES string of the molecule is CCC.CN(CCO)C(=O)CN. The van der Waals surface area contributed by atoms with Crippen molar-refractivity contribution in [2.75, 3.05) is 26.7 Å². The molecule has 0 fully saturated rings. The summed E-state index contributed by atoms with van der Waals surface area (Å²) in [5, 5.41) is 8.35. The van der Waals surface area contributed by atoms with Gasteiger partial charge in [-0.25, -0.2) is 0 Å². The van der Waals surface area contributed by atoms with Crippen LogP contribution in [0.1, 0.15) is 20.3 Å². The van der Waals surface area contributed by atoms with E-state index in [2.05, 4.69) is 13.8 Å². The Morgan fingerprint density at radius 3 is 2.17 bits per heavy atom. The van der Waals surface area contributed by atoms with Gasteiger partial charge < -0.3 is 15.7 Å². The van der Waals surface area contributed by atoms with E-state index in [1.807, 2.05) is 0 Å². The molecule has 0 atom stereocenters. The highest BCUT2D eigenvalue weighted by Gasteiger charge is 2.02. The fourth-order valence-corrected chi connectivity index (χ4v) is 0.431. The molecule has 0 unspecified atom stereocenters. The fraction of sp³-hybridized carbons (Fsp3) is 0.875. The number of amides is 1. The quantitative estimate of drug-likeness (QED) is 0.626. The van der Waals surface area contributed by atoms with Gasteiger partial charge in [0.1, 0.15) is 0 Å². The van der Waals surface area contributed by atoms with Crippen molar-refractivity contribution in [3.8, 4) is 0 Å². The van der Waals surface area contributed by atoms with E-state index in [4.69, 9.17) is 10.8 Å². The summed E-state index contributed by atoms with van der Waals surface area (Å²) in [7, 11) is 1.60. The van der Waals surface area contributed by atoms with Crippen LogP contribution < -0.4 is 5.73 Å². The second-order valence-corrected chi connectivity index (χ2v) is 2.45. The average molecular weight is 176 g/mol. The summed E-state index contributed by atoms with van der Waals surface area (Å²) in [6, 6.07) is 0. The predicted octanol–water partition coefficient (Wildman–Crippen LogP) is -0.188. The zero-order valence-electron chi connectivity index (χ0n) is 8.21. The van der Waals surface area contributed by atoms with Gasteiger partial charge in [0.05, 0.1) is 13.2 Å². The first-order chi connectivity index (χ1) is 5.63. The van der Waals surface area contributed by atoms with Crippen LogP contribution in [0, 0.1) is 0 Å². The van der Waals surface area contributed by atoms with E-state index in [1.54, 1.807) is 7.05 Å². The Labute approximate surface area is 74.4 Å². The van der Waals surface area contributed by atoms with Crippen LogP contribution in [0.5, 0.6) is 0 Å². The molecule has 0 spiro atoms. The molecule has 3 N–H and O–H groups in total. The Balaban J connectivity index is 0. The van der Waals surface area contributed by atoms with E-state index in [9.17, 15) is 4.79 Å². The molecule has 0 aliphatic carbocycles. The maximum absolute atomic E-state index is 10.6. The number of rotatable bonds is 3. The molecular formula is C8H20N2O2. The zero-order valence-corrected chi connectivity index (χ0v) is 8.21. The first-order valence-corrected chi connectivity index (χ1v) is 4.18. The van der Waals surface area contributed by atoms with Crippen molar-refractivity contribution in [1.82, 2.24) is 4.90 Å². The van der Waals surface area contributed by atoms with Gasteiger partial charge in [-0.05, 0) is 0 Å². The molecule has 0 radical (unpaired) electrons. The van der Waals surface area contributed by atoms with Gasteiger partial charge in [0, 0.05) is 13.6 Å². The van der Waals surface area contributed by atoms with Gasteiger partial charge >= 0.3 is 0 Å². The number of nitrogens with two attached hydrogens (primary N) is 1. The molecule has 0 rings (SSSR count). The van der Waals surface area contributed by atoms with Crippen LogP contribution in [0.15, 0.2) is 0 Å². The summed E-state index contributed by atoms with van der Waals surface area (Å²) in [6.07, 6.45) is 1.25. The Bertz CT molecular complexity index is 107. The van der Waals surface area contributed by atoms with Crippen molar-refractivity contribution in [3.63, 3.8) is 0 Å². The van der Waals surface area contributed by atoms with E-state index in [-0.39, 0.29) is 19.1 Å². The molecule has 0 aliphatic heterocycles. The fourth-order valence-electron chi connectivity index (χ4n) is 0.431. The Morgan fingerprint density at radius 1 is 1.50 bits per heavy atom. The molecule has 0 aromatic heterocycles. The zero-order chi connectivity index (χ0) is 9.98.